The number of aliphatic carboxylic acids is 1. The number of carbonyl (C=O) groups excluding carboxylic acids is 2. The van der Waals surface area contributed by atoms with Crippen molar-refractivity contribution in [3.63, 3.8) is 0 Å². The van der Waals surface area contributed by atoms with E-state index in [-0.39, 0.29) is 30.1 Å². The number of hydrogen-bond acceptors (Lipinski definition) is 6. The van der Waals surface area contributed by atoms with Crippen molar-refractivity contribution >= 4 is 34.3 Å². The minimum Gasteiger partial charge on any atom is -0.481 e. The van der Waals surface area contributed by atoms with E-state index < -0.39 is 17.8 Å². The van der Waals surface area contributed by atoms with Gasteiger partial charge >= 0.3 is 11.9 Å². The molecule has 2 aliphatic carbocycles. The lowest BCUT2D eigenvalue weighted by Gasteiger charge is -2.23. The number of rotatable bonds is 6. The third-order valence-electron chi connectivity index (χ3n) is 4.46. The number of amides is 1. The van der Waals surface area contributed by atoms with Gasteiger partial charge in [0.1, 0.15) is 0 Å². The second-order valence-electron chi connectivity index (χ2n) is 5.95. The minimum atomic E-state index is -0.936. The highest BCUT2D eigenvalue weighted by molar-refractivity contribution is 7.13. The average molecular weight is 350 g/mol. The molecular formula is C16H18N2O5S. The fourth-order valence-corrected chi connectivity index (χ4v) is 4.22. The summed E-state index contributed by atoms with van der Waals surface area (Å²) in [5.74, 6) is -2.99. The van der Waals surface area contributed by atoms with E-state index in [1.807, 2.05) is 12.2 Å². The van der Waals surface area contributed by atoms with Crippen LogP contribution in [0.25, 0.3) is 0 Å². The highest BCUT2D eigenvalue weighted by atomic mass is 32.1. The van der Waals surface area contributed by atoms with Gasteiger partial charge in [-0.3, -0.25) is 14.4 Å². The highest BCUT2D eigenvalue weighted by Crippen LogP contribution is 2.48. The zero-order chi connectivity index (χ0) is 17.3. The molecule has 2 N–H and O–H groups in total. The van der Waals surface area contributed by atoms with Crippen molar-refractivity contribution < 1.29 is 24.2 Å². The van der Waals surface area contributed by atoms with Gasteiger partial charge in [0.2, 0.25) is 5.91 Å². The standard InChI is InChI=1S/C16H18N2O5S/c1-2-23-11(19)6-10-7-24-16(17-10)18-14(20)12-8-3-4-9(5-8)13(12)15(21)22/h3-4,7-9,12-13H,2,5-6H2,1H3,(H,21,22)(H,17,18,20)/t8-,9-,12+,13+/m0/s1. The number of allylic oxidation sites excluding steroid dienone is 2. The Balaban J connectivity index is 1.65. The first-order valence-corrected chi connectivity index (χ1v) is 8.69. The van der Waals surface area contributed by atoms with Crippen LogP contribution in [0.15, 0.2) is 17.5 Å². The van der Waals surface area contributed by atoms with Crippen molar-refractivity contribution in [1.82, 2.24) is 4.98 Å². The number of carboxylic acid groups (broad SMARTS) is 1. The second kappa shape index (κ2) is 6.72. The predicted octanol–water partition coefficient (Wildman–Crippen LogP) is 1.71. The van der Waals surface area contributed by atoms with Crippen LogP contribution in [-0.2, 0) is 25.5 Å². The van der Waals surface area contributed by atoms with Crippen LogP contribution in [0.3, 0.4) is 0 Å². The summed E-state index contributed by atoms with van der Waals surface area (Å²) in [6.45, 7) is 2.04. The summed E-state index contributed by atoms with van der Waals surface area (Å²) in [5.41, 5.74) is 0.524. The molecule has 128 valence electrons. The zero-order valence-electron chi connectivity index (χ0n) is 13.1. The van der Waals surface area contributed by atoms with Crippen LogP contribution in [0.5, 0.6) is 0 Å². The molecule has 2 aliphatic rings. The monoisotopic (exact) mass is 350 g/mol. The van der Waals surface area contributed by atoms with Crippen molar-refractivity contribution in [2.75, 3.05) is 11.9 Å². The number of fused-ring (bicyclic) bond motifs is 2. The van der Waals surface area contributed by atoms with Crippen LogP contribution in [-0.4, -0.2) is 34.5 Å². The second-order valence-corrected chi connectivity index (χ2v) is 6.81. The van der Waals surface area contributed by atoms with Crippen molar-refractivity contribution in [2.24, 2.45) is 23.7 Å². The number of nitrogens with one attached hydrogen (secondary N) is 1. The summed E-state index contributed by atoms with van der Waals surface area (Å²) in [5, 5.41) is 14.1. The third kappa shape index (κ3) is 3.19. The van der Waals surface area contributed by atoms with Gasteiger partial charge in [0.15, 0.2) is 5.13 Å². The molecule has 1 fully saturated rings. The summed E-state index contributed by atoms with van der Waals surface area (Å²) in [6.07, 6.45) is 4.59. The lowest BCUT2D eigenvalue weighted by Crippen LogP contribution is -2.36. The SMILES string of the molecule is CCOC(=O)Cc1csc(NC(=O)[C@H]2[C@H](C(=O)O)[C@H]3C=C[C@H]2C3)n1. The smallest absolute Gasteiger partial charge is 0.311 e. The lowest BCUT2D eigenvalue weighted by molar-refractivity contribution is -0.146. The van der Waals surface area contributed by atoms with Gasteiger partial charge in [-0.05, 0) is 25.2 Å². The molecule has 0 unspecified atom stereocenters. The number of carbonyl (C=O) groups is 3. The molecule has 1 aromatic rings. The van der Waals surface area contributed by atoms with Gasteiger partial charge < -0.3 is 15.2 Å². The molecule has 0 spiro atoms. The summed E-state index contributed by atoms with van der Waals surface area (Å²) in [6, 6.07) is 0. The molecule has 1 aromatic heterocycles. The number of ether oxygens (including phenoxy) is 1. The van der Waals surface area contributed by atoms with Crippen LogP contribution in [0, 0.1) is 23.7 Å². The number of carboxylic acids is 1. The normalized spacial score (nSPS) is 27.2. The molecule has 0 aromatic carbocycles. The first-order chi connectivity index (χ1) is 11.5. The van der Waals surface area contributed by atoms with Gasteiger partial charge in [-0.25, -0.2) is 4.98 Å². The first kappa shape index (κ1) is 16.6. The molecule has 3 rings (SSSR count). The number of esters is 1. The Morgan fingerprint density at radius 2 is 2.04 bits per heavy atom. The number of hydrogen-bond donors (Lipinski definition) is 2. The van der Waals surface area contributed by atoms with Gasteiger partial charge in [0.05, 0.1) is 30.6 Å². The van der Waals surface area contributed by atoms with Gasteiger partial charge in [-0.1, -0.05) is 12.2 Å². The van der Waals surface area contributed by atoms with E-state index in [1.165, 1.54) is 11.3 Å². The van der Waals surface area contributed by atoms with Crippen molar-refractivity contribution in [3.8, 4) is 0 Å². The predicted molar refractivity (Wildman–Crippen MR) is 86.4 cm³/mol. The van der Waals surface area contributed by atoms with E-state index in [0.29, 0.717) is 23.9 Å². The van der Waals surface area contributed by atoms with Crippen molar-refractivity contribution in [1.29, 1.82) is 0 Å². The summed E-state index contributed by atoms with van der Waals surface area (Å²) in [4.78, 5) is 39.6. The van der Waals surface area contributed by atoms with Crippen LogP contribution in [0.1, 0.15) is 19.0 Å². The van der Waals surface area contributed by atoms with Crippen LogP contribution in [0.4, 0.5) is 5.13 Å². The molecule has 8 heteroatoms. The van der Waals surface area contributed by atoms with Crippen LogP contribution < -0.4 is 5.32 Å². The van der Waals surface area contributed by atoms with Gasteiger partial charge in [0.25, 0.3) is 0 Å². The van der Waals surface area contributed by atoms with Crippen LogP contribution >= 0.6 is 11.3 Å². The quantitative estimate of drug-likeness (QED) is 0.598. The van der Waals surface area contributed by atoms with Crippen LogP contribution in [0.2, 0.25) is 0 Å². The molecule has 2 bridgehead atoms. The summed E-state index contributed by atoms with van der Waals surface area (Å²) in [7, 11) is 0. The Kier molecular flexibility index (Phi) is 4.66. The first-order valence-electron chi connectivity index (χ1n) is 7.81. The maximum absolute atomic E-state index is 12.5. The van der Waals surface area contributed by atoms with E-state index in [0.717, 1.165) is 0 Å². The lowest BCUT2D eigenvalue weighted by atomic mass is 9.82. The Morgan fingerprint density at radius 1 is 1.33 bits per heavy atom. The van der Waals surface area contributed by atoms with E-state index in [4.69, 9.17) is 4.74 Å². The fraction of sp³-hybridized carbons (Fsp3) is 0.500. The summed E-state index contributed by atoms with van der Waals surface area (Å²) >= 11 is 1.21. The molecule has 0 saturated heterocycles. The fourth-order valence-electron chi connectivity index (χ4n) is 3.51. The molecule has 24 heavy (non-hydrogen) atoms. The van der Waals surface area contributed by atoms with E-state index >= 15 is 0 Å². The van der Waals surface area contributed by atoms with E-state index in [9.17, 15) is 19.5 Å². The molecule has 7 nitrogen and oxygen atoms in total. The van der Waals surface area contributed by atoms with Gasteiger partial charge in [-0.15, -0.1) is 11.3 Å². The van der Waals surface area contributed by atoms with E-state index in [2.05, 4.69) is 10.3 Å². The largest absolute Gasteiger partial charge is 0.481 e. The highest BCUT2D eigenvalue weighted by Gasteiger charge is 2.51. The van der Waals surface area contributed by atoms with E-state index in [1.54, 1.807) is 12.3 Å². The molecule has 1 heterocycles. The zero-order valence-corrected chi connectivity index (χ0v) is 13.9. The van der Waals surface area contributed by atoms with Gasteiger partial charge in [0, 0.05) is 5.38 Å². The Labute approximate surface area is 142 Å². The summed E-state index contributed by atoms with van der Waals surface area (Å²) < 4.78 is 4.86. The van der Waals surface area contributed by atoms with Crippen molar-refractivity contribution in [2.45, 2.75) is 19.8 Å². The Morgan fingerprint density at radius 3 is 2.71 bits per heavy atom. The number of thiazole rings is 1. The molecular weight excluding hydrogens is 332 g/mol. The van der Waals surface area contributed by atoms with Gasteiger partial charge in [-0.2, -0.15) is 0 Å². The topological polar surface area (TPSA) is 106 Å². The molecule has 1 amide bonds. The maximum atomic E-state index is 12.5. The Hall–Kier alpha value is -2.22. The Bertz CT molecular complexity index is 698. The minimum absolute atomic E-state index is 0.0323. The number of anilines is 1. The number of nitrogens with zero attached hydrogens (tertiary/aromatic N) is 1. The maximum Gasteiger partial charge on any atom is 0.311 e. The average Bonchev–Trinajstić information content (AvgIpc) is 3.22. The molecule has 1 saturated carbocycles. The molecule has 4 atom stereocenters. The molecule has 0 radical (unpaired) electrons. The number of aromatic nitrogens is 1. The molecule has 0 aliphatic heterocycles. The van der Waals surface area contributed by atoms with Crippen molar-refractivity contribution in [3.05, 3.63) is 23.2 Å². The third-order valence-corrected chi connectivity index (χ3v) is 5.27.